The maximum absolute atomic E-state index is 12.5. The fourth-order valence-corrected chi connectivity index (χ4v) is 3.23. The summed E-state index contributed by atoms with van der Waals surface area (Å²) in [6.07, 6.45) is 3.26. The summed E-state index contributed by atoms with van der Waals surface area (Å²) in [5.74, 6) is 0.213. The van der Waals surface area contributed by atoms with Gasteiger partial charge in [0.25, 0.3) is 0 Å². The average Bonchev–Trinajstić information content (AvgIpc) is 3.04. The Morgan fingerprint density at radius 3 is 2.90 bits per heavy atom. The first-order valence-electron chi connectivity index (χ1n) is 7.12. The van der Waals surface area contributed by atoms with Crippen LogP contribution in [0.5, 0.6) is 0 Å². The maximum Gasteiger partial charge on any atom is 0.241 e. The minimum atomic E-state index is 0. The van der Waals surface area contributed by atoms with Crippen LogP contribution >= 0.6 is 12.4 Å². The largest absolute Gasteiger partial charge is 0.329 e. The molecule has 2 aliphatic heterocycles. The Balaban J connectivity index is 0.00000147. The van der Waals surface area contributed by atoms with Gasteiger partial charge in [0.15, 0.2) is 0 Å². The van der Waals surface area contributed by atoms with Crippen LogP contribution in [0, 0.1) is 0 Å². The van der Waals surface area contributed by atoms with Crippen molar-refractivity contribution in [3.8, 4) is 0 Å². The van der Waals surface area contributed by atoms with Crippen molar-refractivity contribution in [3.63, 3.8) is 0 Å². The molecule has 0 aliphatic carbocycles. The van der Waals surface area contributed by atoms with Crippen LogP contribution in [0.15, 0.2) is 24.3 Å². The van der Waals surface area contributed by atoms with E-state index in [1.165, 1.54) is 5.56 Å². The molecule has 1 amide bonds. The number of nitrogens with zero attached hydrogens (tertiary/aromatic N) is 2. The fourth-order valence-electron chi connectivity index (χ4n) is 3.23. The zero-order valence-electron chi connectivity index (χ0n) is 11.6. The van der Waals surface area contributed by atoms with Crippen molar-refractivity contribution < 1.29 is 4.79 Å². The molecule has 1 aromatic carbocycles. The lowest BCUT2D eigenvalue weighted by Crippen LogP contribution is -2.44. The Hall–Kier alpha value is -1.10. The first-order valence-corrected chi connectivity index (χ1v) is 7.12. The molecule has 2 aliphatic rings. The van der Waals surface area contributed by atoms with Crippen molar-refractivity contribution in [1.82, 2.24) is 4.90 Å². The van der Waals surface area contributed by atoms with Crippen LogP contribution in [-0.2, 0) is 11.2 Å². The molecular formula is C15H22ClN3O. The summed E-state index contributed by atoms with van der Waals surface area (Å²) in [5.41, 5.74) is 8.14. The molecule has 20 heavy (non-hydrogen) atoms. The molecule has 2 N–H and O–H groups in total. The highest BCUT2D eigenvalue weighted by atomic mass is 35.5. The molecule has 3 rings (SSSR count). The Labute approximate surface area is 126 Å². The number of anilines is 1. The van der Waals surface area contributed by atoms with E-state index < -0.39 is 0 Å². The Morgan fingerprint density at radius 1 is 1.30 bits per heavy atom. The van der Waals surface area contributed by atoms with Crippen molar-refractivity contribution in [2.24, 2.45) is 5.73 Å². The fraction of sp³-hybridized carbons (Fsp3) is 0.533. The summed E-state index contributed by atoms with van der Waals surface area (Å²) in [4.78, 5) is 16.6. The molecule has 0 spiro atoms. The van der Waals surface area contributed by atoms with Crippen LogP contribution in [-0.4, -0.2) is 43.0 Å². The molecule has 110 valence electrons. The first kappa shape index (κ1) is 15.3. The van der Waals surface area contributed by atoms with E-state index in [2.05, 4.69) is 11.0 Å². The topological polar surface area (TPSA) is 49.6 Å². The van der Waals surface area contributed by atoms with Crippen molar-refractivity contribution in [1.29, 1.82) is 0 Å². The Morgan fingerprint density at radius 2 is 2.10 bits per heavy atom. The lowest BCUT2D eigenvalue weighted by atomic mass is 10.2. The summed E-state index contributed by atoms with van der Waals surface area (Å²) < 4.78 is 0. The van der Waals surface area contributed by atoms with Gasteiger partial charge in [-0.25, -0.2) is 0 Å². The van der Waals surface area contributed by atoms with E-state index in [1.807, 2.05) is 23.1 Å². The minimum Gasteiger partial charge on any atom is -0.329 e. The molecule has 2 heterocycles. The highest BCUT2D eigenvalue weighted by molar-refractivity contribution is 5.96. The molecule has 0 aromatic heterocycles. The Kier molecular flexibility index (Phi) is 5.02. The lowest BCUT2D eigenvalue weighted by molar-refractivity contribution is -0.119. The van der Waals surface area contributed by atoms with Gasteiger partial charge in [-0.05, 0) is 37.4 Å². The molecule has 1 saturated heterocycles. The standard InChI is InChI=1S/C15H21N3O.ClH/c16-10-13-5-3-8-17(13)11-15(19)18-9-7-12-4-1-2-6-14(12)18;/h1-2,4,6,13H,3,5,7-11,16H2;1H. The van der Waals surface area contributed by atoms with Gasteiger partial charge in [-0.2, -0.15) is 0 Å². The number of benzene rings is 1. The van der Waals surface area contributed by atoms with Crippen LogP contribution in [0.3, 0.4) is 0 Å². The number of likely N-dealkylation sites (tertiary alicyclic amines) is 1. The number of hydrogen-bond acceptors (Lipinski definition) is 3. The summed E-state index contributed by atoms with van der Waals surface area (Å²) >= 11 is 0. The van der Waals surface area contributed by atoms with Gasteiger partial charge >= 0.3 is 0 Å². The molecule has 1 fully saturated rings. The van der Waals surface area contributed by atoms with E-state index in [-0.39, 0.29) is 18.3 Å². The summed E-state index contributed by atoms with van der Waals surface area (Å²) in [6.45, 7) is 2.99. The van der Waals surface area contributed by atoms with Crippen molar-refractivity contribution >= 4 is 24.0 Å². The average molecular weight is 296 g/mol. The maximum atomic E-state index is 12.5. The van der Waals surface area contributed by atoms with Gasteiger partial charge in [0.2, 0.25) is 5.91 Å². The van der Waals surface area contributed by atoms with E-state index in [9.17, 15) is 4.79 Å². The second-order valence-corrected chi connectivity index (χ2v) is 5.43. The SMILES string of the molecule is Cl.NCC1CCCN1CC(=O)N1CCc2ccccc21. The van der Waals surface area contributed by atoms with Gasteiger partial charge in [0.05, 0.1) is 6.54 Å². The first-order chi connectivity index (χ1) is 9.29. The van der Waals surface area contributed by atoms with Gasteiger partial charge in [-0.15, -0.1) is 12.4 Å². The molecule has 1 unspecified atom stereocenters. The van der Waals surface area contributed by atoms with Gasteiger partial charge in [-0.1, -0.05) is 18.2 Å². The zero-order valence-corrected chi connectivity index (χ0v) is 12.4. The summed E-state index contributed by atoms with van der Waals surface area (Å²) in [5, 5.41) is 0. The minimum absolute atomic E-state index is 0. The van der Waals surface area contributed by atoms with Crippen molar-refractivity contribution in [3.05, 3.63) is 29.8 Å². The molecule has 0 radical (unpaired) electrons. The highest BCUT2D eigenvalue weighted by Crippen LogP contribution is 2.28. The molecule has 0 saturated carbocycles. The predicted molar refractivity (Wildman–Crippen MR) is 83.4 cm³/mol. The monoisotopic (exact) mass is 295 g/mol. The Bertz CT molecular complexity index is 480. The number of amides is 1. The molecule has 1 atom stereocenters. The van der Waals surface area contributed by atoms with Crippen LogP contribution in [0.25, 0.3) is 0 Å². The number of halogens is 1. The van der Waals surface area contributed by atoms with Crippen LogP contribution < -0.4 is 10.6 Å². The zero-order chi connectivity index (χ0) is 13.2. The predicted octanol–water partition coefficient (Wildman–Crippen LogP) is 1.42. The molecule has 0 bridgehead atoms. The number of nitrogens with two attached hydrogens (primary N) is 1. The molecular weight excluding hydrogens is 274 g/mol. The third-order valence-electron chi connectivity index (χ3n) is 4.30. The number of hydrogen-bond donors (Lipinski definition) is 1. The summed E-state index contributed by atoms with van der Waals surface area (Å²) in [7, 11) is 0. The van der Waals surface area contributed by atoms with E-state index in [0.717, 1.165) is 38.0 Å². The highest BCUT2D eigenvalue weighted by Gasteiger charge is 2.29. The number of fused-ring (bicyclic) bond motifs is 1. The third kappa shape index (κ3) is 2.82. The van der Waals surface area contributed by atoms with Gasteiger partial charge in [-0.3, -0.25) is 9.69 Å². The van der Waals surface area contributed by atoms with E-state index >= 15 is 0 Å². The van der Waals surface area contributed by atoms with Crippen LogP contribution in [0.1, 0.15) is 18.4 Å². The quantitative estimate of drug-likeness (QED) is 0.917. The van der Waals surface area contributed by atoms with Gasteiger partial charge < -0.3 is 10.6 Å². The number of para-hydroxylation sites is 1. The lowest BCUT2D eigenvalue weighted by Gasteiger charge is -2.25. The van der Waals surface area contributed by atoms with Crippen molar-refractivity contribution in [2.45, 2.75) is 25.3 Å². The molecule has 1 aromatic rings. The molecule has 4 nitrogen and oxygen atoms in total. The second kappa shape index (κ2) is 6.57. The third-order valence-corrected chi connectivity index (χ3v) is 4.30. The normalized spacial score (nSPS) is 21.6. The summed E-state index contributed by atoms with van der Waals surface area (Å²) in [6, 6.07) is 8.59. The van der Waals surface area contributed by atoms with Gasteiger partial charge in [0, 0.05) is 24.8 Å². The van der Waals surface area contributed by atoms with Gasteiger partial charge in [0.1, 0.15) is 0 Å². The van der Waals surface area contributed by atoms with Crippen LogP contribution in [0.4, 0.5) is 5.69 Å². The number of carbonyl (C=O) groups excluding carboxylic acids is 1. The van der Waals surface area contributed by atoms with E-state index in [1.54, 1.807) is 0 Å². The number of rotatable bonds is 3. The smallest absolute Gasteiger partial charge is 0.241 e. The van der Waals surface area contributed by atoms with E-state index in [4.69, 9.17) is 5.73 Å². The number of carbonyl (C=O) groups is 1. The van der Waals surface area contributed by atoms with E-state index in [0.29, 0.717) is 19.1 Å². The second-order valence-electron chi connectivity index (χ2n) is 5.43. The molecule has 5 heteroatoms. The van der Waals surface area contributed by atoms with Crippen LogP contribution in [0.2, 0.25) is 0 Å². The van der Waals surface area contributed by atoms with Crippen molar-refractivity contribution in [2.75, 3.05) is 31.1 Å².